The molecule has 0 N–H and O–H groups in total. The summed E-state index contributed by atoms with van der Waals surface area (Å²) in [7, 11) is 1.41. The van der Waals surface area contributed by atoms with Gasteiger partial charge in [-0.25, -0.2) is 0 Å². The van der Waals surface area contributed by atoms with Crippen LogP contribution in [0.25, 0.3) is 0 Å². The second-order valence-corrected chi connectivity index (χ2v) is 6.98. The molecule has 142 valence electrons. The van der Waals surface area contributed by atoms with E-state index in [1.54, 1.807) is 32.1 Å². The van der Waals surface area contributed by atoms with Crippen LogP contribution in [0.1, 0.15) is 18.1 Å². The van der Waals surface area contributed by atoms with Crippen molar-refractivity contribution in [1.82, 2.24) is 4.90 Å². The van der Waals surface area contributed by atoms with Gasteiger partial charge in [0.15, 0.2) is 0 Å². The molecule has 0 radical (unpaired) electrons. The SMILES string of the molecule is Cc1c(COC(=O)C2C(C)C=CC3C(=O)N(C)C(=O)C32)cccc1[N+](=O)[O-]. The first-order valence-electron chi connectivity index (χ1n) is 8.63. The molecule has 1 aromatic carbocycles. The van der Waals surface area contributed by atoms with Gasteiger partial charge in [-0.2, -0.15) is 0 Å². The molecule has 0 aromatic heterocycles. The van der Waals surface area contributed by atoms with E-state index >= 15 is 0 Å². The minimum absolute atomic E-state index is 0.0456. The lowest BCUT2D eigenvalue weighted by Gasteiger charge is -2.30. The molecule has 3 rings (SSSR count). The Kier molecular flexibility index (Phi) is 4.82. The lowest BCUT2D eigenvalue weighted by atomic mass is 9.72. The number of likely N-dealkylation sites (tertiary alicyclic amines) is 1. The van der Waals surface area contributed by atoms with Gasteiger partial charge in [0.05, 0.1) is 22.7 Å². The maximum Gasteiger partial charge on any atom is 0.310 e. The number of nitrogens with zero attached hydrogens (tertiary/aromatic N) is 2. The van der Waals surface area contributed by atoms with Crippen LogP contribution in [-0.2, 0) is 25.7 Å². The number of fused-ring (bicyclic) bond motifs is 1. The molecule has 1 saturated heterocycles. The summed E-state index contributed by atoms with van der Waals surface area (Å²) in [5.41, 5.74) is 0.909. The number of nitro benzene ring substituents is 1. The number of allylic oxidation sites excluding steroid dienone is 1. The van der Waals surface area contributed by atoms with Gasteiger partial charge < -0.3 is 4.74 Å². The van der Waals surface area contributed by atoms with Crippen LogP contribution in [0.2, 0.25) is 0 Å². The Labute approximate surface area is 155 Å². The standard InChI is InChI=1S/C19H20N2O6/c1-10-7-8-13-16(18(23)20(3)17(13)22)15(10)19(24)27-9-12-5-4-6-14(11(12)2)21(25)26/h4-8,10,13,15-16H,9H2,1-3H3. The summed E-state index contributed by atoms with van der Waals surface area (Å²) in [4.78, 5) is 49.0. The summed E-state index contributed by atoms with van der Waals surface area (Å²) in [5, 5.41) is 11.0. The van der Waals surface area contributed by atoms with Crippen molar-refractivity contribution in [3.63, 3.8) is 0 Å². The third-order valence-corrected chi connectivity index (χ3v) is 5.45. The Bertz CT molecular complexity index is 862. The molecule has 1 aromatic rings. The van der Waals surface area contributed by atoms with Crippen molar-refractivity contribution in [3.05, 3.63) is 51.6 Å². The molecular formula is C19H20N2O6. The highest BCUT2D eigenvalue weighted by molar-refractivity contribution is 6.07. The van der Waals surface area contributed by atoms with Gasteiger partial charge in [-0.1, -0.05) is 31.2 Å². The number of hydrogen-bond donors (Lipinski definition) is 0. The minimum atomic E-state index is -0.764. The van der Waals surface area contributed by atoms with Crippen molar-refractivity contribution in [3.8, 4) is 0 Å². The number of carbonyl (C=O) groups is 3. The molecule has 0 saturated carbocycles. The maximum atomic E-state index is 12.7. The van der Waals surface area contributed by atoms with Crippen LogP contribution in [0.5, 0.6) is 0 Å². The monoisotopic (exact) mass is 372 g/mol. The van der Waals surface area contributed by atoms with E-state index in [0.29, 0.717) is 11.1 Å². The number of benzene rings is 1. The zero-order valence-electron chi connectivity index (χ0n) is 15.2. The van der Waals surface area contributed by atoms with Crippen LogP contribution in [0, 0.1) is 40.7 Å². The fraction of sp³-hybridized carbons (Fsp3) is 0.421. The van der Waals surface area contributed by atoms with Gasteiger partial charge in [-0.3, -0.25) is 29.4 Å². The summed E-state index contributed by atoms with van der Waals surface area (Å²) in [5.74, 6) is -3.70. The largest absolute Gasteiger partial charge is 0.461 e. The molecule has 1 heterocycles. The predicted octanol–water partition coefficient (Wildman–Crippen LogP) is 2.00. The first kappa shape index (κ1) is 18.8. The van der Waals surface area contributed by atoms with Crippen molar-refractivity contribution < 1.29 is 24.0 Å². The van der Waals surface area contributed by atoms with Gasteiger partial charge in [0.1, 0.15) is 6.61 Å². The number of hydrogen-bond acceptors (Lipinski definition) is 6. The molecule has 2 aliphatic rings. The summed E-state index contributed by atoms with van der Waals surface area (Å²) < 4.78 is 5.40. The number of ether oxygens (including phenoxy) is 1. The molecule has 2 amide bonds. The summed E-state index contributed by atoms with van der Waals surface area (Å²) in [6, 6.07) is 4.57. The molecule has 0 bridgehead atoms. The third-order valence-electron chi connectivity index (χ3n) is 5.45. The van der Waals surface area contributed by atoms with Crippen molar-refractivity contribution in [2.75, 3.05) is 7.05 Å². The van der Waals surface area contributed by atoms with Crippen LogP contribution in [0.15, 0.2) is 30.4 Å². The molecule has 0 spiro atoms. The van der Waals surface area contributed by atoms with Crippen molar-refractivity contribution in [1.29, 1.82) is 0 Å². The van der Waals surface area contributed by atoms with E-state index in [4.69, 9.17) is 4.74 Å². The van der Waals surface area contributed by atoms with Gasteiger partial charge in [-0.15, -0.1) is 0 Å². The van der Waals surface area contributed by atoms with Crippen molar-refractivity contribution in [2.45, 2.75) is 20.5 Å². The van der Waals surface area contributed by atoms with E-state index in [2.05, 4.69) is 0 Å². The van der Waals surface area contributed by atoms with E-state index in [-0.39, 0.29) is 30.0 Å². The van der Waals surface area contributed by atoms with Gasteiger partial charge in [0.2, 0.25) is 11.8 Å². The molecular weight excluding hydrogens is 352 g/mol. The van der Waals surface area contributed by atoms with Crippen LogP contribution >= 0.6 is 0 Å². The maximum absolute atomic E-state index is 12.7. The van der Waals surface area contributed by atoms with E-state index < -0.39 is 28.6 Å². The zero-order chi connectivity index (χ0) is 19.9. The minimum Gasteiger partial charge on any atom is -0.461 e. The second kappa shape index (κ2) is 6.94. The van der Waals surface area contributed by atoms with E-state index in [1.165, 1.54) is 19.2 Å². The van der Waals surface area contributed by atoms with Crippen LogP contribution in [-0.4, -0.2) is 34.7 Å². The van der Waals surface area contributed by atoms with Crippen LogP contribution < -0.4 is 0 Å². The molecule has 1 fully saturated rings. The first-order chi connectivity index (χ1) is 12.7. The van der Waals surface area contributed by atoms with Crippen LogP contribution in [0.4, 0.5) is 5.69 Å². The number of carbonyl (C=O) groups excluding carboxylic acids is 3. The summed E-state index contributed by atoms with van der Waals surface area (Å²) >= 11 is 0. The Morgan fingerprint density at radius 3 is 2.63 bits per heavy atom. The molecule has 4 unspecified atom stereocenters. The Hall–Kier alpha value is -3.03. The summed E-state index contributed by atoms with van der Waals surface area (Å²) in [6.45, 7) is 3.26. The molecule has 27 heavy (non-hydrogen) atoms. The molecule has 1 aliphatic heterocycles. The highest BCUT2D eigenvalue weighted by atomic mass is 16.6. The van der Waals surface area contributed by atoms with Crippen LogP contribution in [0.3, 0.4) is 0 Å². The van der Waals surface area contributed by atoms with Gasteiger partial charge in [0, 0.05) is 18.7 Å². The fourth-order valence-electron chi connectivity index (χ4n) is 3.81. The normalized spacial score (nSPS) is 26.9. The Morgan fingerprint density at radius 1 is 1.26 bits per heavy atom. The number of nitro groups is 1. The highest BCUT2D eigenvalue weighted by Crippen LogP contribution is 2.41. The fourth-order valence-corrected chi connectivity index (χ4v) is 3.81. The molecule has 8 heteroatoms. The lowest BCUT2D eigenvalue weighted by molar-refractivity contribution is -0.385. The van der Waals surface area contributed by atoms with E-state index in [0.717, 1.165) is 4.90 Å². The van der Waals surface area contributed by atoms with Crippen molar-refractivity contribution >= 4 is 23.5 Å². The third kappa shape index (κ3) is 3.11. The number of rotatable bonds is 4. The van der Waals surface area contributed by atoms with Gasteiger partial charge in [-0.05, 0) is 18.4 Å². The Morgan fingerprint density at radius 2 is 1.96 bits per heavy atom. The first-order valence-corrected chi connectivity index (χ1v) is 8.63. The molecule has 1 aliphatic carbocycles. The summed E-state index contributed by atoms with van der Waals surface area (Å²) in [6.07, 6.45) is 3.45. The van der Waals surface area contributed by atoms with E-state index in [1.807, 2.05) is 0 Å². The van der Waals surface area contributed by atoms with E-state index in [9.17, 15) is 24.5 Å². The smallest absolute Gasteiger partial charge is 0.310 e. The number of imide groups is 1. The molecule has 8 nitrogen and oxygen atoms in total. The average Bonchev–Trinajstić information content (AvgIpc) is 2.84. The highest BCUT2D eigenvalue weighted by Gasteiger charge is 2.53. The quantitative estimate of drug-likeness (QED) is 0.263. The van der Waals surface area contributed by atoms with Crippen molar-refractivity contribution in [2.24, 2.45) is 23.7 Å². The van der Waals surface area contributed by atoms with Gasteiger partial charge >= 0.3 is 5.97 Å². The Balaban J connectivity index is 1.79. The second-order valence-electron chi connectivity index (χ2n) is 6.98. The number of esters is 1. The topological polar surface area (TPSA) is 107 Å². The average molecular weight is 372 g/mol. The van der Waals surface area contributed by atoms with Gasteiger partial charge in [0.25, 0.3) is 5.69 Å². The zero-order valence-corrected chi connectivity index (χ0v) is 15.2. The predicted molar refractivity (Wildman–Crippen MR) is 94.2 cm³/mol. The number of amides is 2. The molecule has 4 atom stereocenters. The lowest BCUT2D eigenvalue weighted by Crippen LogP contribution is -2.39.